The van der Waals surface area contributed by atoms with Crippen molar-refractivity contribution in [3.05, 3.63) is 250 Å². The van der Waals surface area contributed by atoms with E-state index >= 15 is 0 Å². The van der Waals surface area contributed by atoms with Crippen LogP contribution in [0.15, 0.2) is 188 Å². The largest absolute Gasteiger partial charge is 1.00 e. The van der Waals surface area contributed by atoms with Crippen LogP contribution >= 0.6 is 11.6 Å². The Hall–Kier alpha value is -6.20. The molecular formula is C74H78ClF5K2N2O13. The first-order chi connectivity index (χ1) is 45.8. The minimum atomic E-state index is -4.29. The van der Waals surface area contributed by atoms with E-state index in [-0.39, 0.29) is 152 Å². The van der Waals surface area contributed by atoms with Gasteiger partial charge in [-0.3, -0.25) is 24.2 Å². The third kappa shape index (κ3) is 31.7. The Bertz CT molecular complexity index is 3620. The smallest absolute Gasteiger partial charge is 1.00 e. The quantitative estimate of drug-likeness (QED) is 0.00539. The minimum absolute atomic E-state index is 0. The summed E-state index contributed by atoms with van der Waals surface area (Å²) >= 11 is 5.67. The zero-order valence-electron chi connectivity index (χ0n) is 56.3. The van der Waals surface area contributed by atoms with Crippen LogP contribution < -0.4 is 113 Å². The van der Waals surface area contributed by atoms with Gasteiger partial charge in [-0.15, -0.1) is 11.6 Å². The number of phenols is 1. The number of hydrogen-bond acceptors (Lipinski definition) is 15. The van der Waals surface area contributed by atoms with Gasteiger partial charge in [-0.1, -0.05) is 115 Å². The molecule has 97 heavy (non-hydrogen) atoms. The summed E-state index contributed by atoms with van der Waals surface area (Å²) < 4.78 is 90.2. The number of carbonyl (C=O) groups is 5. The van der Waals surface area contributed by atoms with Crippen molar-refractivity contribution in [2.45, 2.75) is 83.1 Å². The van der Waals surface area contributed by atoms with Crippen molar-refractivity contribution in [1.29, 1.82) is 0 Å². The molecule has 0 heterocycles. The van der Waals surface area contributed by atoms with Crippen LogP contribution in [0.25, 0.3) is 22.3 Å². The third-order valence-corrected chi connectivity index (χ3v) is 15.1. The van der Waals surface area contributed by atoms with Gasteiger partial charge >= 0.3 is 133 Å². The van der Waals surface area contributed by atoms with E-state index < -0.39 is 11.7 Å². The monoisotopic (exact) mass is 1410 g/mol. The zero-order chi connectivity index (χ0) is 69.0. The molecule has 0 fully saturated rings. The number of phenolic OH excluding ortho intramolecular Hbond substituents is 1. The van der Waals surface area contributed by atoms with Crippen molar-refractivity contribution < 1.29 is 189 Å². The van der Waals surface area contributed by atoms with Gasteiger partial charge in [-0.2, -0.15) is 13.2 Å². The number of halogens is 6. The number of alkyl halides is 4. The van der Waals surface area contributed by atoms with Crippen molar-refractivity contribution in [3.63, 3.8) is 0 Å². The Labute approximate surface area is 654 Å². The molecule has 8 aromatic carbocycles. The maximum Gasteiger partial charge on any atom is 1.00 e. The second-order valence-electron chi connectivity index (χ2n) is 21.5. The summed E-state index contributed by atoms with van der Waals surface area (Å²) in [5.41, 5.74) is 9.66. The summed E-state index contributed by atoms with van der Waals surface area (Å²) in [6.07, 6.45) is 0.525. The minimum Gasteiger partial charge on any atom is -1.00 e. The number of benzene rings is 8. The van der Waals surface area contributed by atoms with Gasteiger partial charge in [-0.05, 0) is 180 Å². The first-order valence-corrected chi connectivity index (χ1v) is 30.8. The molecule has 23 heteroatoms. The number of carbonyl (C=O) groups excluding carboxylic acids is 5. The third-order valence-electron chi connectivity index (χ3n) is 14.8. The van der Waals surface area contributed by atoms with E-state index in [1.165, 1.54) is 70.9 Å². The number of aromatic hydroxyl groups is 1. The summed E-state index contributed by atoms with van der Waals surface area (Å²) in [5.74, 6) is -0.757. The topological polar surface area (TPSA) is 190 Å². The second kappa shape index (κ2) is 47.0. The predicted molar refractivity (Wildman–Crippen MR) is 351 cm³/mol. The summed E-state index contributed by atoms with van der Waals surface area (Å²) in [7, 11) is 5.47. The molecule has 0 saturated heterocycles. The second-order valence-corrected chi connectivity index (χ2v) is 21.7. The van der Waals surface area contributed by atoms with E-state index in [0.29, 0.717) is 99.6 Å². The number of nitrogens with zero attached hydrogens (tertiary/aromatic N) is 2. The summed E-state index contributed by atoms with van der Waals surface area (Å²) in [6, 6.07) is 54.1. The first kappa shape index (κ1) is 85.0. The van der Waals surface area contributed by atoms with Crippen LogP contribution in [0.5, 0.6) is 11.5 Å². The average Bonchev–Trinajstić information content (AvgIpc) is 0.917. The van der Waals surface area contributed by atoms with Crippen LogP contribution in [0.1, 0.15) is 99.6 Å². The zero-order valence-corrected chi connectivity index (χ0v) is 62.3. The van der Waals surface area contributed by atoms with Gasteiger partial charge in [0.1, 0.15) is 29.7 Å². The molecule has 506 valence electrons. The number of unbranched alkanes of at least 4 members (excludes halogenated alkanes) is 2. The Kier molecular flexibility index (Phi) is 41.2. The fourth-order valence-corrected chi connectivity index (χ4v) is 9.79. The van der Waals surface area contributed by atoms with Crippen LogP contribution in [-0.4, -0.2) is 99.9 Å². The molecule has 0 aromatic heterocycles. The van der Waals surface area contributed by atoms with Crippen LogP contribution in [0.2, 0.25) is 0 Å². The number of esters is 4. The molecule has 1 N–H and O–H groups in total. The molecule has 0 radical (unpaired) electrons. The molecule has 15 nitrogen and oxygen atoms in total. The van der Waals surface area contributed by atoms with Gasteiger partial charge in [0.05, 0.1) is 45.1 Å². The molecule has 0 aliphatic heterocycles. The molecule has 0 atom stereocenters. The van der Waals surface area contributed by atoms with Crippen molar-refractivity contribution in [2.24, 2.45) is 0 Å². The molecule has 0 aliphatic rings. The molecule has 8 aromatic rings. The average molecular weight is 1410 g/mol. The Morgan fingerprint density at radius 2 is 0.918 bits per heavy atom. The predicted octanol–water partition coefficient (Wildman–Crippen LogP) is 8.62. The van der Waals surface area contributed by atoms with Crippen LogP contribution in [0, 0.1) is 11.6 Å². The fourth-order valence-electron chi connectivity index (χ4n) is 9.62. The number of rotatable bonds is 29. The molecule has 0 saturated carbocycles. The number of hydrogen-bond donors (Lipinski definition) is 1. The molecule has 0 spiro atoms. The molecule has 0 aliphatic carbocycles. The van der Waals surface area contributed by atoms with Gasteiger partial charge in [0.25, 0.3) is 6.47 Å². The van der Waals surface area contributed by atoms with Crippen LogP contribution in [0.4, 0.5) is 22.0 Å². The van der Waals surface area contributed by atoms with Crippen LogP contribution in [-0.2, 0) is 82.8 Å². The van der Waals surface area contributed by atoms with E-state index in [0.717, 1.165) is 88.1 Å². The van der Waals surface area contributed by atoms with E-state index in [2.05, 4.69) is 43.7 Å². The van der Waals surface area contributed by atoms with E-state index in [1.807, 2.05) is 78.9 Å². The molecular weight excluding hydrogens is 1330 g/mol. The van der Waals surface area contributed by atoms with Gasteiger partial charge in [0.2, 0.25) is 0 Å². The molecule has 0 bridgehead atoms. The van der Waals surface area contributed by atoms with Gasteiger partial charge in [-0.25, -0.2) is 18.4 Å². The van der Waals surface area contributed by atoms with Crippen molar-refractivity contribution in [3.8, 4) is 33.8 Å². The summed E-state index contributed by atoms with van der Waals surface area (Å²) in [4.78, 5) is 62.0. The Morgan fingerprint density at radius 3 is 1.34 bits per heavy atom. The van der Waals surface area contributed by atoms with E-state index in [1.54, 1.807) is 30.3 Å². The normalized spacial score (nSPS) is 10.5. The summed E-state index contributed by atoms with van der Waals surface area (Å²) in [6.45, 7) is 4.18. The number of methoxy groups -OCH3 is 4. The Balaban J connectivity index is 0.000000515. The van der Waals surface area contributed by atoms with E-state index in [9.17, 15) is 46.2 Å². The maximum atomic E-state index is 14.3. The fraction of sp³-hybridized carbons (Fsp3) is 0.284. The van der Waals surface area contributed by atoms with Gasteiger partial charge in [0.15, 0.2) is 0 Å². The van der Waals surface area contributed by atoms with Gasteiger partial charge < -0.3 is 40.4 Å². The summed E-state index contributed by atoms with van der Waals surface area (Å²) in [5, 5.41) is 18.4. The molecule has 8 rings (SSSR count). The van der Waals surface area contributed by atoms with Crippen molar-refractivity contribution >= 4 is 42.0 Å². The standard InChI is InChI=1S/C36H38FNO5.C23H28FNO5.C14H10ClF3.CH2O3.2K.H/c1-41-35(39)10-6-7-22-38(25-27-11-17-31(18-12-27)36(40)42-2)23-21-32-24-33(37)19-20-34(32)43-26-28-13-15-30(16-14-28)29-8-4-3-5-9-29;1-29-22(27)5-3-4-13-25(14-12-19-15-20(24)10-11-21(19)26)16-17-6-8-18(9-7-17)23(28)30-2;15-9-10-1-3-11(4-2-10)12-5-7-13(8-6-12)14(16,17)18;2-1-4-3;;;/h3-5,8-9,11-20,24H,6-7,10,21-23,25-26H2,1-2H3;6-11,15,26H,3-5,12-14,16H2,1-2H3;1-8H,9H2;1,3H;;;/q;;;;2*+1;-1/p-1. The van der Waals surface area contributed by atoms with Crippen molar-refractivity contribution in [2.75, 3.05) is 54.6 Å². The van der Waals surface area contributed by atoms with Gasteiger partial charge in [0, 0.05) is 44.9 Å². The molecule has 0 unspecified atom stereocenters. The first-order valence-electron chi connectivity index (χ1n) is 30.3. The van der Waals surface area contributed by atoms with E-state index in [4.69, 9.17) is 40.6 Å². The number of ether oxygens (including phenoxy) is 5. The van der Waals surface area contributed by atoms with Crippen LogP contribution in [0.3, 0.4) is 0 Å². The Morgan fingerprint density at radius 1 is 0.515 bits per heavy atom. The molecule has 0 amide bonds. The SMILES string of the molecule is COC(=O)CCCCN(CCc1cc(F)ccc1O)Cc1ccc(C(=O)OC)cc1.COC(=O)CCCCN(CCc1cc(F)ccc1OCc1ccc(-c2ccccc2)cc1)Cc1ccc(C(=O)OC)cc1.FC(F)(F)c1ccc(-c2ccc(CCl)cc2)cc1.O=CO[O-].[H-].[K+].[K+]. The maximum absolute atomic E-state index is 14.3. The van der Waals surface area contributed by atoms with Crippen molar-refractivity contribution in [1.82, 2.24) is 9.80 Å².